The molecule has 3 fully saturated rings. The monoisotopic (exact) mass is 343 g/mol. The number of β-amino-alcohol motifs (C(OH)–C–C–N with tert-alkyl or cyclic N) is 1. The highest BCUT2D eigenvalue weighted by atomic mass is 16.3. The van der Waals surface area contributed by atoms with E-state index in [0.717, 1.165) is 5.56 Å². The lowest BCUT2D eigenvalue weighted by atomic mass is 9.83. The smallest absolute Gasteiger partial charge is 0.227 e. The van der Waals surface area contributed by atoms with Gasteiger partial charge in [0.25, 0.3) is 0 Å². The molecule has 3 aliphatic rings. The number of aliphatic hydroxyl groups is 1. The molecule has 0 radical (unpaired) electrons. The molecule has 1 aromatic rings. The van der Waals surface area contributed by atoms with Crippen LogP contribution in [0.2, 0.25) is 0 Å². The second-order valence-electron chi connectivity index (χ2n) is 7.73. The van der Waals surface area contributed by atoms with Crippen molar-refractivity contribution in [2.45, 2.75) is 37.5 Å². The van der Waals surface area contributed by atoms with Crippen molar-refractivity contribution in [3.05, 3.63) is 35.9 Å². The molecular formula is C19H25N3O3. The Labute approximate surface area is 148 Å². The summed E-state index contributed by atoms with van der Waals surface area (Å²) in [7, 11) is 0. The van der Waals surface area contributed by atoms with E-state index in [1.165, 1.54) is 0 Å². The number of hydrogen-bond donors (Lipinski definition) is 1. The summed E-state index contributed by atoms with van der Waals surface area (Å²) in [5.74, 6) is 0.211. The highest BCUT2D eigenvalue weighted by Crippen LogP contribution is 2.39. The van der Waals surface area contributed by atoms with Crippen LogP contribution in [-0.4, -0.2) is 82.0 Å². The first kappa shape index (κ1) is 16.5. The second-order valence-corrected chi connectivity index (χ2v) is 7.73. The lowest BCUT2D eigenvalue weighted by Crippen LogP contribution is -2.79. The Morgan fingerprint density at radius 1 is 1.12 bits per heavy atom. The first-order chi connectivity index (χ1) is 12.0. The molecule has 0 saturated carbocycles. The summed E-state index contributed by atoms with van der Waals surface area (Å²) >= 11 is 0. The molecule has 134 valence electrons. The van der Waals surface area contributed by atoms with Crippen LogP contribution in [0, 0.1) is 0 Å². The average molecular weight is 343 g/mol. The standard InChI is InChI=1S/C19H25N3O3/c1-14(23)21-12-19(13-21)11-20(9-16-8-17(24)10-22(16)19)18(25)7-15-5-3-2-4-6-15/h2-6,16-17,24H,7-13H2,1H3. The van der Waals surface area contributed by atoms with Crippen molar-refractivity contribution in [1.29, 1.82) is 0 Å². The maximum atomic E-state index is 12.8. The lowest BCUT2D eigenvalue weighted by Gasteiger charge is -2.60. The quantitative estimate of drug-likeness (QED) is 0.828. The zero-order chi connectivity index (χ0) is 17.6. The zero-order valence-corrected chi connectivity index (χ0v) is 14.6. The molecule has 6 nitrogen and oxygen atoms in total. The minimum absolute atomic E-state index is 0.0784. The van der Waals surface area contributed by atoms with E-state index in [0.29, 0.717) is 45.6 Å². The number of nitrogens with zero attached hydrogens (tertiary/aromatic N) is 3. The maximum absolute atomic E-state index is 12.8. The van der Waals surface area contributed by atoms with E-state index in [9.17, 15) is 14.7 Å². The fraction of sp³-hybridized carbons (Fsp3) is 0.579. The van der Waals surface area contributed by atoms with Crippen molar-refractivity contribution in [3.8, 4) is 0 Å². The van der Waals surface area contributed by atoms with Gasteiger partial charge in [-0.15, -0.1) is 0 Å². The van der Waals surface area contributed by atoms with Gasteiger partial charge in [-0.25, -0.2) is 0 Å². The van der Waals surface area contributed by atoms with E-state index in [4.69, 9.17) is 0 Å². The first-order valence-corrected chi connectivity index (χ1v) is 8.99. The number of benzene rings is 1. The second kappa shape index (κ2) is 6.11. The molecule has 0 aliphatic carbocycles. The summed E-state index contributed by atoms with van der Waals surface area (Å²) in [6, 6.07) is 10.00. The summed E-state index contributed by atoms with van der Waals surface area (Å²) < 4.78 is 0. The highest BCUT2D eigenvalue weighted by Gasteiger charge is 2.57. The maximum Gasteiger partial charge on any atom is 0.227 e. The molecule has 1 aromatic carbocycles. The number of fused-ring (bicyclic) bond motifs is 2. The molecule has 4 rings (SSSR count). The number of rotatable bonds is 2. The Hall–Kier alpha value is -1.92. The van der Waals surface area contributed by atoms with Crippen LogP contribution in [0.1, 0.15) is 18.9 Å². The molecule has 6 heteroatoms. The first-order valence-electron chi connectivity index (χ1n) is 8.99. The van der Waals surface area contributed by atoms with Gasteiger partial charge in [-0.3, -0.25) is 14.5 Å². The number of likely N-dealkylation sites (tertiary alicyclic amines) is 1. The third-order valence-electron chi connectivity index (χ3n) is 5.88. The van der Waals surface area contributed by atoms with Gasteiger partial charge in [0.05, 0.1) is 18.1 Å². The van der Waals surface area contributed by atoms with Crippen molar-refractivity contribution in [3.63, 3.8) is 0 Å². The molecule has 25 heavy (non-hydrogen) atoms. The highest BCUT2D eigenvalue weighted by molar-refractivity contribution is 5.79. The Kier molecular flexibility index (Phi) is 4.04. The van der Waals surface area contributed by atoms with Crippen LogP contribution in [-0.2, 0) is 16.0 Å². The Morgan fingerprint density at radius 2 is 1.80 bits per heavy atom. The van der Waals surface area contributed by atoms with E-state index in [1.54, 1.807) is 6.92 Å². The largest absolute Gasteiger partial charge is 0.392 e. The van der Waals surface area contributed by atoms with Crippen LogP contribution in [0.15, 0.2) is 30.3 Å². The van der Waals surface area contributed by atoms with Gasteiger partial charge in [-0.1, -0.05) is 30.3 Å². The topological polar surface area (TPSA) is 64.1 Å². The summed E-state index contributed by atoms with van der Waals surface area (Å²) in [5.41, 5.74) is 0.840. The third kappa shape index (κ3) is 2.93. The van der Waals surface area contributed by atoms with Gasteiger partial charge in [0, 0.05) is 45.7 Å². The number of aliphatic hydroxyl groups excluding tert-OH is 1. The van der Waals surface area contributed by atoms with Crippen LogP contribution in [0.3, 0.4) is 0 Å². The molecule has 1 N–H and O–H groups in total. The predicted octanol–water partition coefficient (Wildman–Crippen LogP) is 0.107. The molecule has 0 aromatic heterocycles. The van der Waals surface area contributed by atoms with Crippen molar-refractivity contribution < 1.29 is 14.7 Å². The van der Waals surface area contributed by atoms with Gasteiger partial charge in [0.1, 0.15) is 0 Å². The Balaban J connectivity index is 1.51. The van der Waals surface area contributed by atoms with Crippen LogP contribution < -0.4 is 0 Å². The molecular weight excluding hydrogens is 318 g/mol. The fourth-order valence-electron chi connectivity index (χ4n) is 4.65. The van der Waals surface area contributed by atoms with Crippen LogP contribution in [0.4, 0.5) is 0 Å². The van der Waals surface area contributed by atoms with E-state index in [1.807, 2.05) is 40.1 Å². The third-order valence-corrected chi connectivity index (χ3v) is 5.88. The van der Waals surface area contributed by atoms with Gasteiger partial charge in [-0.05, 0) is 12.0 Å². The number of carbonyl (C=O) groups is 2. The molecule has 3 saturated heterocycles. The van der Waals surface area contributed by atoms with E-state index < -0.39 is 0 Å². The van der Waals surface area contributed by atoms with E-state index in [2.05, 4.69) is 4.90 Å². The van der Waals surface area contributed by atoms with Gasteiger partial charge in [-0.2, -0.15) is 0 Å². The summed E-state index contributed by atoms with van der Waals surface area (Å²) in [6.45, 7) is 4.86. The summed E-state index contributed by atoms with van der Waals surface area (Å²) in [6.07, 6.45) is 0.775. The summed E-state index contributed by atoms with van der Waals surface area (Å²) in [4.78, 5) is 30.6. The minimum Gasteiger partial charge on any atom is -0.392 e. The molecule has 3 aliphatic heterocycles. The van der Waals surface area contributed by atoms with Crippen molar-refractivity contribution in [2.75, 3.05) is 32.7 Å². The molecule has 1 spiro atoms. The molecule has 2 amide bonds. The van der Waals surface area contributed by atoms with Gasteiger partial charge < -0.3 is 14.9 Å². The molecule has 3 heterocycles. The van der Waals surface area contributed by atoms with E-state index >= 15 is 0 Å². The van der Waals surface area contributed by atoms with E-state index in [-0.39, 0.29) is 29.5 Å². The Morgan fingerprint density at radius 3 is 2.48 bits per heavy atom. The number of hydrogen-bond acceptors (Lipinski definition) is 4. The lowest BCUT2D eigenvalue weighted by molar-refractivity contribution is -0.160. The SMILES string of the molecule is CC(=O)N1CC2(C1)CN(C(=O)Cc1ccccc1)CC1CC(O)CN12. The minimum atomic E-state index is -0.336. The number of carbonyl (C=O) groups excluding carboxylic acids is 2. The number of amides is 2. The molecule has 0 bridgehead atoms. The number of piperazine rings is 1. The van der Waals surface area contributed by atoms with Gasteiger partial charge in [0.15, 0.2) is 0 Å². The Bertz CT molecular complexity index is 672. The zero-order valence-electron chi connectivity index (χ0n) is 14.6. The normalized spacial score (nSPS) is 27.9. The predicted molar refractivity (Wildman–Crippen MR) is 92.8 cm³/mol. The molecule has 2 unspecified atom stereocenters. The van der Waals surface area contributed by atoms with Crippen molar-refractivity contribution in [1.82, 2.24) is 14.7 Å². The average Bonchev–Trinajstić information content (AvgIpc) is 2.92. The van der Waals surface area contributed by atoms with Crippen LogP contribution in [0.25, 0.3) is 0 Å². The van der Waals surface area contributed by atoms with Crippen LogP contribution in [0.5, 0.6) is 0 Å². The van der Waals surface area contributed by atoms with Gasteiger partial charge >= 0.3 is 0 Å². The van der Waals surface area contributed by atoms with Crippen LogP contribution >= 0.6 is 0 Å². The van der Waals surface area contributed by atoms with Crippen molar-refractivity contribution in [2.24, 2.45) is 0 Å². The molecule has 2 atom stereocenters. The summed E-state index contributed by atoms with van der Waals surface area (Å²) in [5, 5.41) is 10.1. The van der Waals surface area contributed by atoms with Crippen molar-refractivity contribution >= 4 is 11.8 Å². The van der Waals surface area contributed by atoms with Gasteiger partial charge in [0.2, 0.25) is 11.8 Å². The fourth-order valence-corrected chi connectivity index (χ4v) is 4.65.